The van der Waals surface area contributed by atoms with Gasteiger partial charge in [0.05, 0.1) is 0 Å². The Balaban J connectivity index is 3.08. The van der Waals surface area contributed by atoms with E-state index in [0.717, 1.165) is 6.07 Å². The van der Waals surface area contributed by atoms with Crippen molar-refractivity contribution >= 4 is 5.69 Å². The quantitative estimate of drug-likeness (QED) is 0.790. The molecular formula is C10H12F3NO. The van der Waals surface area contributed by atoms with Crippen molar-refractivity contribution in [3.63, 3.8) is 0 Å². The Kier molecular flexibility index (Phi) is 3.82. The predicted octanol–water partition coefficient (Wildman–Crippen LogP) is 2.96. The number of anilines is 1. The number of halogens is 3. The monoisotopic (exact) mass is 219 g/mol. The number of hydrogen-bond donors (Lipinski definition) is 1. The van der Waals surface area contributed by atoms with E-state index in [1.165, 1.54) is 6.07 Å². The molecule has 0 aliphatic rings. The molecule has 0 spiro atoms. The van der Waals surface area contributed by atoms with Gasteiger partial charge in [0.15, 0.2) is 11.6 Å². The number of aryl methyl sites for hydroxylation is 1. The third kappa shape index (κ3) is 3.04. The molecule has 0 aromatic heterocycles. The van der Waals surface area contributed by atoms with E-state index in [0.29, 0.717) is 18.4 Å². The first-order chi connectivity index (χ1) is 7.04. The van der Waals surface area contributed by atoms with Gasteiger partial charge in [-0.1, -0.05) is 13.3 Å². The van der Waals surface area contributed by atoms with Gasteiger partial charge in [0.2, 0.25) is 0 Å². The first kappa shape index (κ1) is 11.7. The standard InChI is InChI=1S/C10H12F3NO/c1-2-3-6-4-7(14)5-8(11)9(6)15-10(12)13/h4-5,10H,2-3,14H2,1H3. The summed E-state index contributed by atoms with van der Waals surface area (Å²) >= 11 is 0. The molecule has 0 radical (unpaired) electrons. The van der Waals surface area contributed by atoms with Crippen molar-refractivity contribution in [2.45, 2.75) is 26.4 Å². The molecule has 1 aromatic carbocycles. The van der Waals surface area contributed by atoms with E-state index >= 15 is 0 Å². The molecule has 1 aromatic rings. The summed E-state index contributed by atoms with van der Waals surface area (Å²) in [4.78, 5) is 0. The molecule has 15 heavy (non-hydrogen) atoms. The summed E-state index contributed by atoms with van der Waals surface area (Å²) in [5.74, 6) is -1.25. The molecule has 84 valence electrons. The van der Waals surface area contributed by atoms with Crippen molar-refractivity contribution < 1.29 is 17.9 Å². The van der Waals surface area contributed by atoms with E-state index < -0.39 is 18.2 Å². The summed E-state index contributed by atoms with van der Waals surface area (Å²) in [6.07, 6.45) is 1.15. The summed E-state index contributed by atoms with van der Waals surface area (Å²) in [5.41, 5.74) is 5.98. The molecule has 0 aliphatic heterocycles. The van der Waals surface area contributed by atoms with Crippen LogP contribution in [-0.4, -0.2) is 6.61 Å². The third-order valence-corrected chi connectivity index (χ3v) is 1.87. The second-order valence-electron chi connectivity index (χ2n) is 3.12. The number of nitrogen functional groups attached to an aromatic ring is 1. The van der Waals surface area contributed by atoms with Crippen LogP contribution in [0.15, 0.2) is 12.1 Å². The summed E-state index contributed by atoms with van der Waals surface area (Å²) in [5, 5.41) is 0. The average molecular weight is 219 g/mol. The van der Waals surface area contributed by atoms with E-state index in [4.69, 9.17) is 5.73 Å². The SMILES string of the molecule is CCCc1cc(N)cc(F)c1OC(F)F. The lowest BCUT2D eigenvalue weighted by Gasteiger charge is -2.11. The van der Waals surface area contributed by atoms with Crippen molar-refractivity contribution in [3.05, 3.63) is 23.5 Å². The van der Waals surface area contributed by atoms with E-state index in [2.05, 4.69) is 4.74 Å². The highest BCUT2D eigenvalue weighted by Gasteiger charge is 2.15. The molecule has 2 N–H and O–H groups in total. The fraction of sp³-hybridized carbons (Fsp3) is 0.400. The van der Waals surface area contributed by atoms with Crippen LogP contribution in [0.3, 0.4) is 0 Å². The van der Waals surface area contributed by atoms with Gasteiger partial charge in [0.1, 0.15) is 0 Å². The number of rotatable bonds is 4. The van der Waals surface area contributed by atoms with Crippen LogP contribution in [0.1, 0.15) is 18.9 Å². The van der Waals surface area contributed by atoms with Crippen LogP contribution in [0, 0.1) is 5.82 Å². The maximum Gasteiger partial charge on any atom is 0.387 e. The molecule has 0 atom stereocenters. The molecule has 0 fully saturated rings. The average Bonchev–Trinajstić information content (AvgIpc) is 2.11. The van der Waals surface area contributed by atoms with Gasteiger partial charge in [-0.25, -0.2) is 4.39 Å². The Morgan fingerprint density at radius 1 is 1.40 bits per heavy atom. The van der Waals surface area contributed by atoms with E-state index in [1.54, 1.807) is 0 Å². The minimum atomic E-state index is -3.03. The van der Waals surface area contributed by atoms with Crippen LogP contribution in [-0.2, 0) is 6.42 Å². The first-order valence-corrected chi connectivity index (χ1v) is 4.57. The summed E-state index contributed by atoms with van der Waals surface area (Å²) in [7, 11) is 0. The first-order valence-electron chi connectivity index (χ1n) is 4.57. The number of ether oxygens (including phenoxy) is 1. The molecule has 0 saturated carbocycles. The fourth-order valence-corrected chi connectivity index (χ4v) is 1.35. The molecule has 0 bridgehead atoms. The highest BCUT2D eigenvalue weighted by Crippen LogP contribution is 2.28. The smallest absolute Gasteiger partial charge is 0.387 e. The second-order valence-corrected chi connectivity index (χ2v) is 3.12. The van der Waals surface area contributed by atoms with Gasteiger partial charge in [-0.3, -0.25) is 0 Å². The zero-order valence-electron chi connectivity index (χ0n) is 8.27. The molecular weight excluding hydrogens is 207 g/mol. The third-order valence-electron chi connectivity index (χ3n) is 1.87. The van der Waals surface area contributed by atoms with Crippen molar-refractivity contribution in [2.75, 3.05) is 5.73 Å². The van der Waals surface area contributed by atoms with Crippen molar-refractivity contribution in [2.24, 2.45) is 0 Å². The highest BCUT2D eigenvalue weighted by molar-refractivity contribution is 5.49. The lowest BCUT2D eigenvalue weighted by molar-refractivity contribution is -0.0528. The summed E-state index contributed by atoms with van der Waals surface area (Å²) < 4.78 is 41.4. The molecule has 0 amide bonds. The van der Waals surface area contributed by atoms with Gasteiger partial charge in [-0.15, -0.1) is 0 Å². The van der Waals surface area contributed by atoms with Crippen LogP contribution in [0.5, 0.6) is 5.75 Å². The van der Waals surface area contributed by atoms with E-state index in [1.807, 2.05) is 6.92 Å². The van der Waals surface area contributed by atoms with Gasteiger partial charge >= 0.3 is 6.61 Å². The summed E-state index contributed by atoms with van der Waals surface area (Å²) in [6.45, 7) is -1.17. The molecule has 0 aliphatic carbocycles. The highest BCUT2D eigenvalue weighted by atomic mass is 19.3. The van der Waals surface area contributed by atoms with Crippen LogP contribution >= 0.6 is 0 Å². The Bertz CT molecular complexity index is 342. The molecule has 5 heteroatoms. The largest absolute Gasteiger partial charge is 0.431 e. The normalized spacial score (nSPS) is 10.7. The number of benzene rings is 1. The number of alkyl halides is 2. The minimum absolute atomic E-state index is 0.206. The van der Waals surface area contributed by atoms with Gasteiger partial charge < -0.3 is 10.5 Å². The Labute approximate surface area is 85.8 Å². The zero-order chi connectivity index (χ0) is 11.4. The lowest BCUT2D eigenvalue weighted by Crippen LogP contribution is -2.07. The van der Waals surface area contributed by atoms with Crippen LogP contribution in [0.4, 0.5) is 18.9 Å². The second kappa shape index (κ2) is 4.91. The number of nitrogens with two attached hydrogens (primary N) is 1. The Hall–Kier alpha value is -1.39. The van der Waals surface area contributed by atoms with Crippen LogP contribution < -0.4 is 10.5 Å². The summed E-state index contributed by atoms with van der Waals surface area (Å²) in [6, 6.07) is 2.42. The van der Waals surface area contributed by atoms with Crippen molar-refractivity contribution in [1.29, 1.82) is 0 Å². The van der Waals surface area contributed by atoms with Crippen LogP contribution in [0.2, 0.25) is 0 Å². The van der Waals surface area contributed by atoms with Crippen LogP contribution in [0.25, 0.3) is 0 Å². The predicted molar refractivity (Wildman–Crippen MR) is 51.4 cm³/mol. The molecule has 2 nitrogen and oxygen atoms in total. The van der Waals surface area contributed by atoms with Gasteiger partial charge in [0, 0.05) is 11.8 Å². The van der Waals surface area contributed by atoms with Crippen molar-refractivity contribution in [1.82, 2.24) is 0 Å². The fourth-order valence-electron chi connectivity index (χ4n) is 1.35. The molecule has 0 saturated heterocycles. The molecule has 0 unspecified atom stereocenters. The maximum atomic E-state index is 13.3. The minimum Gasteiger partial charge on any atom is -0.431 e. The Morgan fingerprint density at radius 3 is 2.60 bits per heavy atom. The topological polar surface area (TPSA) is 35.2 Å². The molecule has 0 heterocycles. The zero-order valence-corrected chi connectivity index (χ0v) is 8.27. The van der Waals surface area contributed by atoms with Crippen molar-refractivity contribution in [3.8, 4) is 5.75 Å². The molecule has 1 rings (SSSR count). The van der Waals surface area contributed by atoms with Gasteiger partial charge in [-0.2, -0.15) is 8.78 Å². The van der Waals surface area contributed by atoms with E-state index in [9.17, 15) is 13.2 Å². The Morgan fingerprint density at radius 2 is 2.07 bits per heavy atom. The van der Waals surface area contributed by atoms with E-state index in [-0.39, 0.29) is 5.69 Å². The number of hydrogen-bond acceptors (Lipinski definition) is 2. The lowest BCUT2D eigenvalue weighted by atomic mass is 10.1. The van der Waals surface area contributed by atoms with Gasteiger partial charge in [-0.05, 0) is 18.1 Å². The van der Waals surface area contributed by atoms with Gasteiger partial charge in [0.25, 0.3) is 0 Å². The maximum absolute atomic E-state index is 13.3.